The molecule has 0 spiro atoms. The fourth-order valence-electron chi connectivity index (χ4n) is 10.8. The average Bonchev–Trinajstić information content (AvgIpc) is 4.08. The Bertz CT molecular complexity index is 2610. The van der Waals surface area contributed by atoms with Gasteiger partial charge in [-0.15, -0.1) is 0 Å². The molecule has 16 nitrogen and oxygen atoms in total. The third kappa shape index (κ3) is 7.90. The Balaban J connectivity index is 0.962. The van der Waals surface area contributed by atoms with Crippen molar-refractivity contribution in [2.24, 2.45) is 11.8 Å². The Kier molecular flexibility index (Phi) is 11.5. The van der Waals surface area contributed by atoms with Crippen LogP contribution in [0.5, 0.6) is 5.75 Å². The van der Waals surface area contributed by atoms with E-state index in [0.29, 0.717) is 37.5 Å². The predicted molar refractivity (Wildman–Crippen MR) is 239 cm³/mol. The first-order chi connectivity index (χ1) is 30.7. The molecule has 5 N–H and O–H groups in total. The first-order valence-electron chi connectivity index (χ1n) is 22.6. The molecule has 3 aromatic carbocycles. The standard InChI is InChI=1S/C48H58N8O8/c1-23(2)40(53-47(59)60)45(57)56-25(4)9-15-38(56)44-50-35-13-11-28-19-34-32-12-10-29(18-31(32)22-63-39(34)20-33(28)42(35)52-44)36-21-49-43(51-36)37-14-8-24(3)55(37)46(58)41(54-48(61)62-7)30-16-26(5)64-27(6)17-30/h10-13,18-21,23-27,30,37-38,40-41,53H,8-9,14-17,22H2,1-7H3,(H,49,51)(H,50,52)(H,54,61)(H,59,60)/t24-,25-,26+,27+,37-,38-,40-,41+/m0/s1. The largest absolute Gasteiger partial charge is 0.488 e. The van der Waals surface area contributed by atoms with Gasteiger partial charge < -0.3 is 49.7 Å². The van der Waals surface area contributed by atoms with Crippen LogP contribution in [0.1, 0.15) is 109 Å². The van der Waals surface area contributed by atoms with Crippen LogP contribution in [0, 0.1) is 11.8 Å². The van der Waals surface area contributed by atoms with Gasteiger partial charge >= 0.3 is 12.2 Å². The number of aromatic nitrogens is 4. The van der Waals surface area contributed by atoms with Gasteiger partial charge in [0.25, 0.3) is 0 Å². The number of aromatic amines is 2. The summed E-state index contributed by atoms with van der Waals surface area (Å²) in [6, 6.07) is 12.2. The lowest BCUT2D eigenvalue weighted by Gasteiger charge is -2.39. The fraction of sp³-hybridized carbons (Fsp3) is 0.500. The van der Waals surface area contributed by atoms with Crippen LogP contribution in [0.2, 0.25) is 0 Å². The highest BCUT2D eigenvalue weighted by Crippen LogP contribution is 2.44. The van der Waals surface area contributed by atoms with E-state index < -0.39 is 24.3 Å². The average molecular weight is 875 g/mol. The lowest BCUT2D eigenvalue weighted by molar-refractivity contribution is -0.140. The number of ether oxygens (including phenoxy) is 3. The zero-order valence-electron chi connectivity index (χ0n) is 37.4. The van der Waals surface area contributed by atoms with Crippen LogP contribution in [0.3, 0.4) is 0 Å². The van der Waals surface area contributed by atoms with Crippen molar-refractivity contribution in [1.82, 2.24) is 40.4 Å². The molecule has 9 rings (SSSR count). The van der Waals surface area contributed by atoms with Gasteiger partial charge in [0.15, 0.2) is 0 Å². The van der Waals surface area contributed by atoms with Crippen molar-refractivity contribution in [3.05, 3.63) is 65.9 Å². The molecular weight excluding hydrogens is 817 g/mol. The van der Waals surface area contributed by atoms with E-state index in [4.69, 9.17) is 24.2 Å². The molecule has 8 atom stereocenters. The number of carbonyl (C=O) groups excluding carboxylic acids is 3. The van der Waals surface area contributed by atoms with Gasteiger partial charge in [0.05, 0.1) is 54.3 Å². The monoisotopic (exact) mass is 874 g/mol. The summed E-state index contributed by atoms with van der Waals surface area (Å²) >= 11 is 0. The van der Waals surface area contributed by atoms with Crippen molar-refractivity contribution in [3.8, 4) is 28.1 Å². The van der Waals surface area contributed by atoms with Crippen LogP contribution in [0.4, 0.5) is 9.59 Å². The Morgan fingerprint density at radius 1 is 0.844 bits per heavy atom. The molecule has 0 saturated carbocycles. The van der Waals surface area contributed by atoms with Crippen molar-refractivity contribution in [2.75, 3.05) is 7.11 Å². The molecule has 3 fully saturated rings. The van der Waals surface area contributed by atoms with E-state index in [-0.39, 0.29) is 60.0 Å². The molecule has 0 bridgehead atoms. The van der Waals surface area contributed by atoms with Crippen LogP contribution >= 0.6 is 0 Å². The summed E-state index contributed by atoms with van der Waals surface area (Å²) in [6.07, 6.45) is 4.25. The molecule has 4 aliphatic rings. The summed E-state index contributed by atoms with van der Waals surface area (Å²) in [6.45, 7) is 12.1. The Hall–Kier alpha value is -6.16. The predicted octanol–water partition coefficient (Wildman–Crippen LogP) is 7.99. The highest BCUT2D eigenvalue weighted by molar-refractivity contribution is 6.07. The summed E-state index contributed by atoms with van der Waals surface area (Å²) in [5.74, 6) is 1.44. The number of imidazole rings is 2. The van der Waals surface area contributed by atoms with Crippen LogP contribution < -0.4 is 15.4 Å². The molecule has 0 aliphatic carbocycles. The maximum atomic E-state index is 14.5. The highest BCUT2D eigenvalue weighted by Gasteiger charge is 2.45. The first kappa shape index (κ1) is 43.1. The number of methoxy groups -OCH3 is 1. The topological polar surface area (TPSA) is 204 Å². The molecule has 338 valence electrons. The third-order valence-electron chi connectivity index (χ3n) is 13.9. The lowest BCUT2D eigenvalue weighted by Crippen LogP contribution is -2.55. The van der Waals surface area contributed by atoms with E-state index >= 15 is 0 Å². The molecule has 3 saturated heterocycles. The Morgan fingerprint density at radius 3 is 2.23 bits per heavy atom. The molecule has 4 aliphatic heterocycles. The number of alkyl carbamates (subject to hydrolysis) is 1. The summed E-state index contributed by atoms with van der Waals surface area (Å²) in [5.41, 5.74) is 6.49. The second-order valence-corrected chi connectivity index (χ2v) is 18.6. The van der Waals surface area contributed by atoms with Gasteiger partial charge in [-0.25, -0.2) is 19.6 Å². The Labute approximate surface area is 371 Å². The van der Waals surface area contributed by atoms with Gasteiger partial charge in [0.1, 0.15) is 36.1 Å². The number of rotatable bonds is 9. The van der Waals surface area contributed by atoms with Gasteiger partial charge in [-0.3, -0.25) is 9.59 Å². The number of nitrogens with zero attached hydrogens (tertiary/aromatic N) is 4. The SMILES string of the molecule is COC(=O)N[C@@H](C(=O)N1[C@@H](C)CC[C@H]1c1ncc(-c2ccc3c(c2)COc2cc4c(ccc5nc([C@@H]6CC[C@H](C)N6C(=O)[C@@H](NC(=O)O)C(C)C)[nH]c54)cc2-3)[nH]1)C1C[C@@H](C)O[C@H](C)C1. The van der Waals surface area contributed by atoms with Crippen molar-refractivity contribution in [2.45, 2.75) is 135 Å². The number of hydrogen-bond acceptors (Lipinski definition) is 9. The molecular formula is C48H58N8O8. The molecule has 0 unspecified atom stereocenters. The zero-order chi connectivity index (χ0) is 45.1. The molecule has 16 heteroatoms. The number of likely N-dealkylation sites (tertiary alicyclic amines) is 2. The van der Waals surface area contributed by atoms with Gasteiger partial charge in [0.2, 0.25) is 11.8 Å². The minimum Gasteiger partial charge on any atom is -0.488 e. The summed E-state index contributed by atoms with van der Waals surface area (Å²) in [5, 5.41) is 16.7. The van der Waals surface area contributed by atoms with E-state index in [1.807, 2.05) is 58.7 Å². The van der Waals surface area contributed by atoms with Crippen molar-refractivity contribution >= 4 is 45.8 Å². The van der Waals surface area contributed by atoms with Crippen LogP contribution in [0.25, 0.3) is 44.2 Å². The van der Waals surface area contributed by atoms with Gasteiger partial charge in [-0.2, -0.15) is 0 Å². The number of hydrogen-bond donors (Lipinski definition) is 5. The van der Waals surface area contributed by atoms with Crippen molar-refractivity contribution in [1.29, 1.82) is 0 Å². The van der Waals surface area contributed by atoms with E-state index in [9.17, 15) is 24.3 Å². The van der Waals surface area contributed by atoms with Crippen molar-refractivity contribution in [3.63, 3.8) is 0 Å². The first-order valence-corrected chi connectivity index (χ1v) is 22.6. The van der Waals surface area contributed by atoms with Gasteiger partial charge in [-0.05, 0) is 124 Å². The van der Waals surface area contributed by atoms with E-state index in [1.165, 1.54) is 7.11 Å². The van der Waals surface area contributed by atoms with E-state index in [2.05, 4.69) is 57.0 Å². The second-order valence-electron chi connectivity index (χ2n) is 18.6. The quantitative estimate of drug-likeness (QED) is 0.0966. The van der Waals surface area contributed by atoms with Crippen molar-refractivity contribution < 1.29 is 38.5 Å². The van der Waals surface area contributed by atoms with Crippen LogP contribution in [-0.4, -0.2) is 102 Å². The Morgan fingerprint density at radius 2 is 1.55 bits per heavy atom. The summed E-state index contributed by atoms with van der Waals surface area (Å²) in [7, 11) is 1.31. The van der Waals surface area contributed by atoms with Crippen LogP contribution in [-0.2, 0) is 25.7 Å². The number of carboxylic acid groups (broad SMARTS) is 1. The maximum Gasteiger partial charge on any atom is 0.407 e. The maximum absolute atomic E-state index is 14.5. The molecule has 64 heavy (non-hydrogen) atoms. The molecule has 0 radical (unpaired) electrons. The molecule has 5 aromatic rings. The lowest BCUT2D eigenvalue weighted by atomic mass is 9.85. The van der Waals surface area contributed by atoms with E-state index in [0.717, 1.165) is 74.8 Å². The fourth-order valence-corrected chi connectivity index (χ4v) is 10.8. The summed E-state index contributed by atoms with van der Waals surface area (Å²) < 4.78 is 17.4. The zero-order valence-corrected chi connectivity index (χ0v) is 37.4. The van der Waals surface area contributed by atoms with Gasteiger partial charge in [-0.1, -0.05) is 32.0 Å². The molecule has 6 heterocycles. The molecule has 4 amide bonds. The van der Waals surface area contributed by atoms with E-state index in [1.54, 1.807) is 4.90 Å². The number of nitrogens with one attached hydrogen (secondary N) is 4. The van der Waals surface area contributed by atoms with Crippen LogP contribution in [0.15, 0.2) is 48.7 Å². The molecule has 2 aromatic heterocycles. The minimum absolute atomic E-state index is 0.0329. The number of carbonyl (C=O) groups is 4. The second kappa shape index (κ2) is 17.1. The number of amides is 4. The third-order valence-corrected chi connectivity index (χ3v) is 13.9. The smallest absolute Gasteiger partial charge is 0.407 e. The minimum atomic E-state index is -1.22. The summed E-state index contributed by atoms with van der Waals surface area (Å²) in [4.78, 5) is 73.0. The number of fused-ring (bicyclic) bond motifs is 6. The van der Waals surface area contributed by atoms with Gasteiger partial charge in [0, 0.05) is 23.0 Å². The normalized spacial score (nSPS) is 25.2. The number of H-pyrrole nitrogens is 2. The highest BCUT2D eigenvalue weighted by atomic mass is 16.5. The number of benzene rings is 3.